The van der Waals surface area contributed by atoms with Gasteiger partial charge in [0.05, 0.1) is 6.04 Å². The van der Waals surface area contributed by atoms with Gasteiger partial charge in [-0.1, -0.05) is 17.7 Å². The van der Waals surface area contributed by atoms with Crippen LogP contribution in [0.4, 0.5) is 0 Å². The van der Waals surface area contributed by atoms with Crippen molar-refractivity contribution < 1.29 is 4.79 Å². The highest BCUT2D eigenvalue weighted by molar-refractivity contribution is 7.99. The second-order valence-corrected chi connectivity index (χ2v) is 6.44. The minimum Gasteiger partial charge on any atom is -0.368 e. The summed E-state index contributed by atoms with van der Waals surface area (Å²) in [6.07, 6.45) is 3.14. The van der Waals surface area contributed by atoms with E-state index in [1.165, 1.54) is 28.9 Å². The molecule has 1 unspecified atom stereocenters. The fourth-order valence-corrected chi connectivity index (χ4v) is 3.11. The Morgan fingerprint density at radius 2 is 2.21 bits per heavy atom. The quantitative estimate of drug-likeness (QED) is 0.753. The van der Waals surface area contributed by atoms with Crippen molar-refractivity contribution in [1.82, 2.24) is 5.32 Å². The van der Waals surface area contributed by atoms with E-state index in [4.69, 9.17) is 5.73 Å². The van der Waals surface area contributed by atoms with Gasteiger partial charge < -0.3 is 11.1 Å². The van der Waals surface area contributed by atoms with Crippen LogP contribution in [0.3, 0.4) is 0 Å². The number of rotatable bonds is 7. The molecular weight excluding hydrogens is 256 g/mol. The lowest BCUT2D eigenvalue weighted by Gasteiger charge is -2.15. The van der Waals surface area contributed by atoms with Crippen molar-refractivity contribution in [2.75, 3.05) is 5.75 Å². The molecule has 0 aliphatic heterocycles. The molecule has 1 saturated carbocycles. The molecule has 1 fully saturated rings. The van der Waals surface area contributed by atoms with Gasteiger partial charge in [-0.15, -0.1) is 11.8 Å². The third kappa shape index (κ3) is 4.55. The molecule has 0 aromatic heterocycles. The molecule has 19 heavy (non-hydrogen) atoms. The topological polar surface area (TPSA) is 55.1 Å². The van der Waals surface area contributed by atoms with Crippen LogP contribution >= 0.6 is 11.8 Å². The lowest BCUT2D eigenvalue weighted by atomic mass is 10.2. The fraction of sp³-hybridized carbons (Fsp3) is 0.533. The molecule has 1 aromatic carbocycles. The number of carbonyl (C=O) groups is 1. The van der Waals surface area contributed by atoms with Gasteiger partial charge >= 0.3 is 0 Å². The van der Waals surface area contributed by atoms with E-state index in [-0.39, 0.29) is 11.9 Å². The minimum absolute atomic E-state index is 0.175. The van der Waals surface area contributed by atoms with E-state index >= 15 is 0 Å². The van der Waals surface area contributed by atoms with Crippen LogP contribution in [0.2, 0.25) is 0 Å². The number of nitrogens with one attached hydrogen (secondary N) is 1. The number of nitrogens with two attached hydrogens (primary N) is 1. The van der Waals surface area contributed by atoms with Gasteiger partial charge in [0.25, 0.3) is 0 Å². The smallest absolute Gasteiger partial charge is 0.234 e. The Kier molecular flexibility index (Phi) is 4.88. The predicted molar refractivity (Wildman–Crippen MR) is 80.4 cm³/mol. The maximum Gasteiger partial charge on any atom is 0.234 e. The Morgan fingerprint density at radius 3 is 2.79 bits per heavy atom. The van der Waals surface area contributed by atoms with E-state index in [1.807, 2.05) is 0 Å². The summed E-state index contributed by atoms with van der Waals surface area (Å²) in [5.41, 5.74) is 8.02. The van der Waals surface area contributed by atoms with Crippen molar-refractivity contribution in [2.45, 2.75) is 50.1 Å². The second kappa shape index (κ2) is 6.44. The molecule has 104 valence electrons. The molecule has 1 atom stereocenters. The number of carbonyl (C=O) groups excluding carboxylic acids is 1. The fourth-order valence-electron chi connectivity index (χ4n) is 2.09. The second-order valence-electron chi connectivity index (χ2n) is 5.30. The molecule has 1 aliphatic rings. The van der Waals surface area contributed by atoms with Gasteiger partial charge in [0, 0.05) is 16.7 Å². The number of hydrogen-bond acceptors (Lipinski definition) is 3. The zero-order valence-corrected chi connectivity index (χ0v) is 12.4. The average Bonchev–Trinajstić information content (AvgIpc) is 3.14. The minimum atomic E-state index is -0.229. The van der Waals surface area contributed by atoms with E-state index in [2.05, 4.69) is 37.4 Å². The standard InChI is InChI=1S/C15H22N2OS/c1-10-3-6-14(11(2)9-10)19-8-7-13(15(16)18)17-12-4-5-12/h3,6,9,12-13,17H,4-5,7-8H2,1-2H3,(H2,16,18). The Labute approximate surface area is 119 Å². The van der Waals surface area contributed by atoms with Gasteiger partial charge in [0.1, 0.15) is 0 Å². The summed E-state index contributed by atoms with van der Waals surface area (Å²) in [6, 6.07) is 6.82. The Hall–Kier alpha value is -1.00. The molecule has 0 saturated heterocycles. The highest BCUT2D eigenvalue weighted by Gasteiger charge is 2.26. The summed E-state index contributed by atoms with van der Waals surface area (Å²) in [4.78, 5) is 12.7. The van der Waals surface area contributed by atoms with E-state index in [0.29, 0.717) is 6.04 Å². The van der Waals surface area contributed by atoms with Crippen molar-refractivity contribution in [2.24, 2.45) is 5.73 Å². The zero-order valence-electron chi connectivity index (χ0n) is 11.6. The van der Waals surface area contributed by atoms with Crippen LogP contribution in [-0.2, 0) is 4.79 Å². The monoisotopic (exact) mass is 278 g/mol. The van der Waals surface area contributed by atoms with Crippen molar-refractivity contribution in [3.63, 3.8) is 0 Å². The summed E-state index contributed by atoms with van der Waals surface area (Å²) in [6.45, 7) is 4.23. The van der Waals surface area contributed by atoms with Crippen molar-refractivity contribution in [3.8, 4) is 0 Å². The molecule has 0 radical (unpaired) electrons. The maximum absolute atomic E-state index is 11.4. The largest absolute Gasteiger partial charge is 0.368 e. The van der Waals surface area contributed by atoms with E-state index in [9.17, 15) is 4.79 Å². The first-order chi connectivity index (χ1) is 9.06. The maximum atomic E-state index is 11.4. The van der Waals surface area contributed by atoms with Gasteiger partial charge in [-0.05, 0) is 44.7 Å². The Balaban J connectivity index is 1.82. The molecule has 3 nitrogen and oxygen atoms in total. The van der Waals surface area contributed by atoms with Crippen LogP contribution in [0.15, 0.2) is 23.1 Å². The number of aryl methyl sites for hydroxylation is 2. The van der Waals surface area contributed by atoms with Crippen LogP contribution in [0.1, 0.15) is 30.4 Å². The molecule has 0 spiro atoms. The number of primary amides is 1. The Bertz CT molecular complexity index is 457. The molecule has 2 rings (SSSR count). The van der Waals surface area contributed by atoms with Gasteiger partial charge in [-0.25, -0.2) is 0 Å². The van der Waals surface area contributed by atoms with Gasteiger partial charge in [0.15, 0.2) is 0 Å². The van der Waals surface area contributed by atoms with E-state index in [0.717, 1.165) is 12.2 Å². The summed E-state index contributed by atoms with van der Waals surface area (Å²) in [5, 5.41) is 3.31. The van der Waals surface area contributed by atoms with E-state index in [1.54, 1.807) is 11.8 Å². The Morgan fingerprint density at radius 1 is 1.47 bits per heavy atom. The molecule has 1 amide bonds. The normalized spacial score (nSPS) is 16.3. The molecular formula is C15H22N2OS. The van der Waals surface area contributed by atoms with Crippen LogP contribution in [0.25, 0.3) is 0 Å². The van der Waals surface area contributed by atoms with Crippen molar-refractivity contribution in [3.05, 3.63) is 29.3 Å². The molecule has 1 aromatic rings. The summed E-state index contributed by atoms with van der Waals surface area (Å²) < 4.78 is 0. The summed E-state index contributed by atoms with van der Waals surface area (Å²) >= 11 is 1.80. The van der Waals surface area contributed by atoms with Crippen LogP contribution in [0.5, 0.6) is 0 Å². The van der Waals surface area contributed by atoms with Crippen molar-refractivity contribution in [1.29, 1.82) is 0 Å². The first-order valence-electron chi connectivity index (χ1n) is 6.81. The van der Waals surface area contributed by atoms with E-state index < -0.39 is 0 Å². The van der Waals surface area contributed by atoms with Crippen molar-refractivity contribution >= 4 is 17.7 Å². The molecule has 0 heterocycles. The third-order valence-corrected chi connectivity index (χ3v) is 4.56. The van der Waals surface area contributed by atoms with Crippen LogP contribution in [0, 0.1) is 13.8 Å². The van der Waals surface area contributed by atoms with Crippen LogP contribution < -0.4 is 11.1 Å². The van der Waals surface area contributed by atoms with Crippen LogP contribution in [-0.4, -0.2) is 23.7 Å². The SMILES string of the molecule is Cc1ccc(SCCC(NC2CC2)C(N)=O)c(C)c1. The van der Waals surface area contributed by atoms with Gasteiger partial charge in [-0.2, -0.15) is 0 Å². The summed E-state index contributed by atoms with van der Waals surface area (Å²) in [5.74, 6) is 0.685. The predicted octanol–water partition coefficient (Wildman–Crippen LogP) is 2.39. The molecule has 1 aliphatic carbocycles. The number of amides is 1. The third-order valence-electron chi connectivity index (χ3n) is 3.35. The lowest BCUT2D eigenvalue weighted by Crippen LogP contribution is -2.42. The highest BCUT2D eigenvalue weighted by atomic mass is 32.2. The highest BCUT2D eigenvalue weighted by Crippen LogP contribution is 2.25. The number of thioether (sulfide) groups is 1. The number of benzene rings is 1. The number of hydrogen-bond donors (Lipinski definition) is 2. The van der Waals surface area contributed by atoms with Gasteiger partial charge in [0.2, 0.25) is 5.91 Å². The molecule has 3 N–H and O–H groups in total. The zero-order chi connectivity index (χ0) is 13.8. The summed E-state index contributed by atoms with van der Waals surface area (Å²) in [7, 11) is 0. The van der Waals surface area contributed by atoms with Gasteiger partial charge in [-0.3, -0.25) is 4.79 Å². The molecule has 4 heteroatoms. The molecule has 0 bridgehead atoms. The first-order valence-corrected chi connectivity index (χ1v) is 7.80. The average molecular weight is 278 g/mol. The lowest BCUT2D eigenvalue weighted by molar-refractivity contribution is -0.120. The first kappa shape index (κ1) is 14.4.